The topological polar surface area (TPSA) is 71.9 Å². The lowest BCUT2D eigenvalue weighted by molar-refractivity contribution is -0.0494. The second-order valence-corrected chi connectivity index (χ2v) is 7.64. The molecule has 0 saturated carbocycles. The zero-order chi connectivity index (χ0) is 21.9. The van der Waals surface area contributed by atoms with Gasteiger partial charge < -0.3 is 13.7 Å². The summed E-state index contributed by atoms with van der Waals surface area (Å²) in [5.41, 5.74) is 2.38. The fraction of sp³-hybridized carbons (Fsp3) is 0.318. The molecule has 4 aromatic rings. The van der Waals surface area contributed by atoms with Crippen LogP contribution in [0.25, 0.3) is 17.0 Å². The van der Waals surface area contributed by atoms with E-state index in [2.05, 4.69) is 35.9 Å². The van der Waals surface area contributed by atoms with Crippen LogP contribution in [-0.4, -0.2) is 62.1 Å². The molecule has 4 heterocycles. The lowest BCUT2D eigenvalue weighted by Crippen LogP contribution is -2.45. The molecular formula is C22H22F2N6O2. The number of fused-ring (bicyclic) bond motifs is 1. The minimum absolute atomic E-state index is 0.0235. The summed E-state index contributed by atoms with van der Waals surface area (Å²) in [6, 6.07) is 12.4. The van der Waals surface area contributed by atoms with Crippen LogP contribution in [0.4, 0.5) is 8.78 Å². The van der Waals surface area contributed by atoms with Crippen molar-refractivity contribution in [3.63, 3.8) is 0 Å². The van der Waals surface area contributed by atoms with E-state index >= 15 is 0 Å². The molecule has 1 aliphatic rings. The molecule has 0 N–H and O–H groups in total. The van der Waals surface area contributed by atoms with Crippen molar-refractivity contribution in [1.29, 1.82) is 0 Å². The van der Waals surface area contributed by atoms with E-state index in [0.717, 1.165) is 44.1 Å². The number of para-hydroxylation sites is 1. The largest absolute Gasteiger partial charge is 0.434 e. The van der Waals surface area contributed by atoms with Crippen LogP contribution in [-0.2, 0) is 13.1 Å². The monoisotopic (exact) mass is 440 g/mol. The van der Waals surface area contributed by atoms with Crippen molar-refractivity contribution in [2.75, 3.05) is 26.2 Å². The smallest absolute Gasteiger partial charge is 0.387 e. The number of aromatic nitrogens is 4. The summed E-state index contributed by atoms with van der Waals surface area (Å²) < 4.78 is 37.3. The van der Waals surface area contributed by atoms with Crippen LogP contribution in [0.3, 0.4) is 0 Å². The van der Waals surface area contributed by atoms with Crippen molar-refractivity contribution in [1.82, 2.24) is 29.3 Å². The van der Waals surface area contributed by atoms with Gasteiger partial charge in [0.1, 0.15) is 11.4 Å². The third-order valence-electron chi connectivity index (χ3n) is 5.44. The van der Waals surface area contributed by atoms with Gasteiger partial charge in [0.05, 0.1) is 17.8 Å². The molecule has 32 heavy (non-hydrogen) atoms. The lowest BCUT2D eigenvalue weighted by Gasteiger charge is -2.33. The van der Waals surface area contributed by atoms with E-state index in [1.165, 1.54) is 6.07 Å². The maximum Gasteiger partial charge on any atom is 0.387 e. The summed E-state index contributed by atoms with van der Waals surface area (Å²) in [5.74, 6) is 0.706. The van der Waals surface area contributed by atoms with Gasteiger partial charge in [-0.2, -0.15) is 13.8 Å². The Labute approximate surface area is 183 Å². The van der Waals surface area contributed by atoms with Crippen molar-refractivity contribution >= 4 is 5.65 Å². The second-order valence-electron chi connectivity index (χ2n) is 7.64. The van der Waals surface area contributed by atoms with Gasteiger partial charge in [0.2, 0.25) is 11.7 Å². The minimum Gasteiger partial charge on any atom is -0.434 e. The van der Waals surface area contributed by atoms with Crippen LogP contribution in [0.1, 0.15) is 11.6 Å². The fourth-order valence-electron chi connectivity index (χ4n) is 3.87. The molecule has 0 atom stereocenters. The summed E-state index contributed by atoms with van der Waals surface area (Å²) in [6.07, 6.45) is 4.07. The van der Waals surface area contributed by atoms with Gasteiger partial charge in [-0.25, -0.2) is 4.98 Å². The Bertz CT molecular complexity index is 1150. The highest BCUT2D eigenvalue weighted by molar-refractivity contribution is 5.63. The van der Waals surface area contributed by atoms with Gasteiger partial charge in [0.25, 0.3) is 0 Å². The highest BCUT2D eigenvalue weighted by Gasteiger charge is 2.21. The van der Waals surface area contributed by atoms with Crippen LogP contribution in [0.15, 0.2) is 59.4 Å². The summed E-state index contributed by atoms with van der Waals surface area (Å²) in [7, 11) is 0. The van der Waals surface area contributed by atoms with Crippen molar-refractivity contribution in [3.8, 4) is 17.1 Å². The van der Waals surface area contributed by atoms with E-state index in [9.17, 15) is 8.78 Å². The first kappa shape index (κ1) is 20.5. The number of pyridine rings is 1. The molecule has 5 rings (SSSR count). The molecule has 0 unspecified atom stereocenters. The molecule has 8 nitrogen and oxygen atoms in total. The van der Waals surface area contributed by atoms with Gasteiger partial charge >= 0.3 is 6.61 Å². The van der Waals surface area contributed by atoms with E-state index < -0.39 is 6.61 Å². The third kappa shape index (κ3) is 4.61. The Hall–Kier alpha value is -3.37. The van der Waals surface area contributed by atoms with Crippen molar-refractivity contribution < 1.29 is 18.0 Å². The maximum atomic E-state index is 12.7. The average Bonchev–Trinajstić information content (AvgIpc) is 3.41. The molecule has 10 heteroatoms. The van der Waals surface area contributed by atoms with Gasteiger partial charge in [0, 0.05) is 45.1 Å². The van der Waals surface area contributed by atoms with Gasteiger partial charge in [-0.1, -0.05) is 23.4 Å². The van der Waals surface area contributed by atoms with E-state index in [1.807, 2.05) is 28.8 Å². The van der Waals surface area contributed by atoms with Crippen molar-refractivity contribution in [3.05, 3.63) is 66.4 Å². The molecule has 3 aromatic heterocycles. The third-order valence-corrected chi connectivity index (χ3v) is 5.44. The molecule has 1 aromatic carbocycles. The number of nitrogens with zero attached hydrogens (tertiary/aromatic N) is 6. The molecule has 1 fully saturated rings. The van der Waals surface area contributed by atoms with E-state index in [-0.39, 0.29) is 11.6 Å². The van der Waals surface area contributed by atoms with Crippen LogP contribution in [0, 0.1) is 0 Å². The molecule has 166 valence electrons. The Morgan fingerprint density at radius 2 is 1.69 bits per heavy atom. The molecule has 1 saturated heterocycles. The molecule has 0 aliphatic carbocycles. The number of rotatable bonds is 7. The maximum absolute atomic E-state index is 12.7. The SMILES string of the molecule is FC(F)Oc1ccccc1-c1noc(CN2CCN(Cc3cn4ccccc4n3)CC2)n1. The normalized spacial score (nSPS) is 15.6. The number of hydrogen-bond acceptors (Lipinski definition) is 7. The van der Waals surface area contributed by atoms with Crippen LogP contribution >= 0.6 is 0 Å². The first-order chi connectivity index (χ1) is 15.6. The number of alkyl halides is 2. The molecular weight excluding hydrogens is 418 g/mol. The Morgan fingerprint density at radius 3 is 2.47 bits per heavy atom. The highest BCUT2D eigenvalue weighted by atomic mass is 19.3. The predicted molar refractivity (Wildman–Crippen MR) is 112 cm³/mol. The van der Waals surface area contributed by atoms with E-state index in [4.69, 9.17) is 4.52 Å². The fourth-order valence-corrected chi connectivity index (χ4v) is 3.87. The number of ether oxygens (including phenoxy) is 1. The number of benzene rings is 1. The highest BCUT2D eigenvalue weighted by Crippen LogP contribution is 2.29. The average molecular weight is 440 g/mol. The van der Waals surface area contributed by atoms with Crippen LogP contribution in [0.5, 0.6) is 5.75 Å². The standard InChI is InChI=1S/C22H22F2N6O2/c23-22(24)31-18-6-2-1-5-17(18)21-26-20(32-27-21)15-29-11-9-28(10-12-29)13-16-14-30-8-4-3-7-19(30)25-16/h1-8,14,22H,9-13,15H2. The van der Waals surface area contributed by atoms with Gasteiger partial charge in [-0.05, 0) is 24.3 Å². The lowest BCUT2D eigenvalue weighted by atomic mass is 10.2. The Morgan fingerprint density at radius 1 is 0.938 bits per heavy atom. The Balaban J connectivity index is 1.17. The molecule has 0 spiro atoms. The zero-order valence-corrected chi connectivity index (χ0v) is 17.3. The number of piperazine rings is 1. The van der Waals surface area contributed by atoms with Gasteiger partial charge in [-0.15, -0.1) is 0 Å². The summed E-state index contributed by atoms with van der Waals surface area (Å²) in [4.78, 5) is 13.7. The molecule has 1 aliphatic heterocycles. The summed E-state index contributed by atoms with van der Waals surface area (Å²) in [6.45, 7) is 1.92. The first-order valence-corrected chi connectivity index (χ1v) is 10.4. The number of halogens is 2. The summed E-state index contributed by atoms with van der Waals surface area (Å²) in [5, 5.41) is 3.95. The Kier molecular flexibility index (Phi) is 5.78. The molecule has 0 amide bonds. The molecule has 0 bridgehead atoms. The zero-order valence-electron chi connectivity index (χ0n) is 17.3. The van der Waals surface area contributed by atoms with E-state index in [0.29, 0.717) is 18.0 Å². The number of imidazole rings is 1. The second kappa shape index (κ2) is 9.01. The van der Waals surface area contributed by atoms with E-state index in [1.54, 1.807) is 18.2 Å². The van der Waals surface area contributed by atoms with Gasteiger partial charge in [0.15, 0.2) is 0 Å². The van der Waals surface area contributed by atoms with Gasteiger partial charge in [-0.3, -0.25) is 9.80 Å². The van der Waals surface area contributed by atoms with Crippen LogP contribution in [0.2, 0.25) is 0 Å². The quantitative estimate of drug-likeness (QED) is 0.437. The molecule has 0 radical (unpaired) electrons. The predicted octanol–water partition coefficient (Wildman–Crippen LogP) is 3.30. The van der Waals surface area contributed by atoms with Crippen molar-refractivity contribution in [2.24, 2.45) is 0 Å². The minimum atomic E-state index is -2.92. The summed E-state index contributed by atoms with van der Waals surface area (Å²) >= 11 is 0. The van der Waals surface area contributed by atoms with Crippen LogP contribution < -0.4 is 4.74 Å². The number of hydrogen-bond donors (Lipinski definition) is 0. The van der Waals surface area contributed by atoms with Crippen molar-refractivity contribution in [2.45, 2.75) is 19.7 Å². The first-order valence-electron chi connectivity index (χ1n) is 10.4.